The van der Waals surface area contributed by atoms with Crippen LogP contribution in [0.1, 0.15) is 167 Å². The second-order valence-corrected chi connectivity index (χ2v) is 17.7. The largest absolute Gasteiger partial charge is 0.506 e. The average Bonchev–Trinajstić information content (AvgIpc) is 3.62. The fourth-order valence-electron chi connectivity index (χ4n) is 6.00. The molecule has 1 amide bonds. The molecule has 0 spiro atoms. The molecule has 1 aliphatic heterocycles. The number of hydrogen-bond acceptors (Lipinski definition) is 5. The number of aliphatic imine (C=N–C) groups is 1. The maximum atomic E-state index is 13.0. The number of thioether (sulfide) groups is 1. The molecule has 0 fully saturated rings. The van der Waals surface area contributed by atoms with Crippen molar-refractivity contribution >= 4 is 45.9 Å². The fraction of sp³-hybridized carbons (Fsp3) is 0.659. The van der Waals surface area contributed by atoms with Crippen molar-refractivity contribution in [3.8, 4) is 0 Å². The van der Waals surface area contributed by atoms with Crippen molar-refractivity contribution in [2.24, 2.45) is 10.4 Å². The highest BCUT2D eigenvalue weighted by molar-refractivity contribution is 8.18. The second kappa shape index (κ2) is 19.8. The number of aromatic nitrogens is 1. The number of allylic oxidation sites excluding steroid dienone is 6. The van der Waals surface area contributed by atoms with Gasteiger partial charge in [0.2, 0.25) is 5.78 Å². The van der Waals surface area contributed by atoms with E-state index in [1.165, 1.54) is 108 Å². The first kappa shape index (κ1) is 40.2. The monoisotopic (exact) mass is 695 g/mol. The first-order valence-electron chi connectivity index (χ1n) is 18.7. The van der Waals surface area contributed by atoms with Crippen molar-refractivity contribution < 1.29 is 14.3 Å². The summed E-state index contributed by atoms with van der Waals surface area (Å²) in [4.78, 5) is 24.4. The summed E-state index contributed by atoms with van der Waals surface area (Å²) in [5, 5.41) is 12.4. The lowest BCUT2D eigenvalue weighted by atomic mass is 9.86. The lowest BCUT2D eigenvalue weighted by Crippen LogP contribution is -2.21. The van der Waals surface area contributed by atoms with Crippen molar-refractivity contribution in [1.82, 2.24) is 4.98 Å². The van der Waals surface area contributed by atoms with Crippen LogP contribution in [0.4, 0.5) is 4.42 Å². The Balaban J connectivity index is 1.42. The third-order valence-electron chi connectivity index (χ3n) is 8.84. The predicted molar refractivity (Wildman–Crippen MR) is 210 cm³/mol. The highest BCUT2D eigenvalue weighted by Gasteiger charge is 2.36. The summed E-state index contributed by atoms with van der Waals surface area (Å²) in [7, 11) is 0. The maximum Gasteiger partial charge on any atom is 0.486 e. The van der Waals surface area contributed by atoms with Crippen LogP contribution >= 0.6 is 23.1 Å². The molecule has 0 atom stereocenters. The van der Waals surface area contributed by atoms with Gasteiger partial charge in [-0.2, -0.15) is 4.99 Å². The molecule has 1 aliphatic carbocycles. The molecule has 0 radical (unpaired) electrons. The number of carbonyl (C=O) groups excluding carboxylic acids is 2. The first-order chi connectivity index (χ1) is 22.8. The molecule has 2 heterocycles. The molecule has 0 unspecified atom stereocenters. The highest BCUT2D eigenvalue weighted by atomic mass is 32.2. The zero-order valence-electron chi connectivity index (χ0n) is 31.3. The van der Waals surface area contributed by atoms with Gasteiger partial charge in [-0.1, -0.05) is 138 Å². The smallest absolute Gasteiger partial charge is 0.486 e. The zero-order valence-corrected chi connectivity index (χ0v) is 32.9. The Bertz CT molecular complexity index is 1390. The highest BCUT2D eigenvalue weighted by Crippen LogP contribution is 2.38. The number of amides is 1. The van der Waals surface area contributed by atoms with E-state index in [0.29, 0.717) is 23.0 Å². The van der Waals surface area contributed by atoms with Crippen molar-refractivity contribution in [2.75, 3.05) is 6.61 Å². The van der Waals surface area contributed by atoms with Gasteiger partial charge in [0.15, 0.2) is 0 Å². The van der Waals surface area contributed by atoms with Gasteiger partial charge in [-0.15, -0.1) is 11.3 Å². The minimum absolute atomic E-state index is 0.0350. The van der Waals surface area contributed by atoms with E-state index in [-0.39, 0.29) is 22.4 Å². The maximum absolute atomic E-state index is 13.0. The number of thiazole rings is 1. The molecule has 266 valence electrons. The Morgan fingerprint density at radius 3 is 1.79 bits per heavy atom. The number of aliphatic hydroxyl groups is 1. The van der Waals surface area contributed by atoms with E-state index < -0.39 is 0 Å². The first-order valence-corrected chi connectivity index (χ1v) is 20.3. The summed E-state index contributed by atoms with van der Waals surface area (Å²) in [5.74, 6) is -0.117. The predicted octanol–water partition coefficient (Wildman–Crippen LogP) is 13.1. The van der Waals surface area contributed by atoms with Gasteiger partial charge in [-0.25, -0.2) is 9.41 Å². The summed E-state index contributed by atoms with van der Waals surface area (Å²) < 4.78 is 6.09. The van der Waals surface area contributed by atoms with Crippen molar-refractivity contribution in [3.63, 3.8) is 0 Å². The van der Waals surface area contributed by atoms with Crippen LogP contribution in [0.15, 0.2) is 45.0 Å². The third-order valence-corrected chi connectivity index (χ3v) is 10.7. The number of ketones is 1. The number of carbonyl (C=O) groups is 1. The molecule has 0 aromatic carbocycles. The number of aliphatic hydroxyl groups excluding tert-OH is 1. The Morgan fingerprint density at radius 2 is 1.29 bits per heavy atom. The Morgan fingerprint density at radius 1 is 0.750 bits per heavy atom. The van der Waals surface area contributed by atoms with Crippen molar-refractivity contribution in [1.29, 1.82) is 0 Å². The van der Waals surface area contributed by atoms with Gasteiger partial charge in [0.05, 0.1) is 32.4 Å². The topological polar surface area (TPSA) is 73.9 Å². The Kier molecular flexibility index (Phi) is 16.6. The quantitative estimate of drug-likeness (QED) is 0.0837. The molecule has 5 nitrogen and oxygen atoms in total. The van der Waals surface area contributed by atoms with E-state index in [9.17, 15) is 9.90 Å². The van der Waals surface area contributed by atoms with Crippen molar-refractivity contribution in [2.45, 2.75) is 164 Å². The summed E-state index contributed by atoms with van der Waals surface area (Å²) in [6, 6.07) is 0. The molecule has 0 bridgehead atoms. The number of hydrogen-bond donors (Lipinski definition) is 1. The van der Waals surface area contributed by atoms with Gasteiger partial charge >= 0.3 is 5.24 Å². The molecule has 1 N–H and O–H groups in total. The standard InChI is InChI=1S/C41H62N2O3S2/c1-9-10-11-12-13-14-15-16-17-18-19-20-21-22-23-24-29-46-39-43-38(41(6,7)8)34(48-39)28-26-32-35(44)31(36(32)45)25-27-33-37(40(3,4)5)42-30(2)47-33/h25-28H,9-24,29H2,1-8H3/p+1/b27-25+,34-28-. The van der Waals surface area contributed by atoms with Crippen LogP contribution in [0, 0.1) is 12.3 Å². The van der Waals surface area contributed by atoms with E-state index >= 15 is 0 Å². The molecular formula is C41H63N2O3S2+. The summed E-state index contributed by atoms with van der Waals surface area (Å²) in [6.45, 7) is 17.7. The van der Waals surface area contributed by atoms with Gasteiger partial charge in [-0.3, -0.25) is 4.79 Å². The van der Waals surface area contributed by atoms with E-state index in [1.54, 1.807) is 23.5 Å². The SMILES string of the molecule is CCCCCCCCCCCCCCCCCC[O+]=C1N=C(C(C)(C)C)/C(=C/C=C2C(=O)C(/C=C/c3sc(C)nc3C(C)(C)C)=C2O)S1. The van der Waals surface area contributed by atoms with Crippen LogP contribution in [-0.2, 0) is 10.2 Å². The van der Waals surface area contributed by atoms with Crippen LogP contribution in [-0.4, -0.2) is 33.4 Å². The van der Waals surface area contributed by atoms with Crippen LogP contribution in [0.2, 0.25) is 0 Å². The van der Waals surface area contributed by atoms with Gasteiger partial charge < -0.3 is 5.11 Å². The minimum Gasteiger partial charge on any atom is -0.506 e. The molecule has 1 aromatic rings. The van der Waals surface area contributed by atoms with Gasteiger partial charge in [0.1, 0.15) is 5.76 Å². The van der Waals surface area contributed by atoms with Crippen LogP contribution in [0.25, 0.3) is 6.08 Å². The van der Waals surface area contributed by atoms with Gasteiger partial charge in [0.25, 0.3) is 6.61 Å². The van der Waals surface area contributed by atoms with Crippen LogP contribution in [0.5, 0.6) is 0 Å². The van der Waals surface area contributed by atoms with Crippen LogP contribution in [0.3, 0.4) is 0 Å². The van der Waals surface area contributed by atoms with Crippen molar-refractivity contribution in [3.05, 3.63) is 55.6 Å². The summed E-state index contributed by atoms with van der Waals surface area (Å²) in [6.07, 6.45) is 28.9. The lowest BCUT2D eigenvalue weighted by Gasteiger charge is -2.20. The summed E-state index contributed by atoms with van der Waals surface area (Å²) in [5.41, 5.74) is 2.34. The fourth-order valence-corrected chi connectivity index (χ4v) is 8.09. The van der Waals surface area contributed by atoms with E-state index in [0.717, 1.165) is 32.6 Å². The minimum atomic E-state index is -0.177. The molecule has 0 saturated carbocycles. The van der Waals surface area contributed by atoms with Crippen LogP contribution < -0.4 is 0 Å². The Hall–Kier alpha value is -2.25. The molecule has 2 aliphatic rings. The lowest BCUT2D eigenvalue weighted by molar-refractivity contribution is -0.132. The number of unbranched alkanes of at least 4 members (excludes halogenated alkanes) is 15. The van der Waals surface area contributed by atoms with Gasteiger partial charge in [0, 0.05) is 33.9 Å². The molecule has 48 heavy (non-hydrogen) atoms. The number of Topliss-reactive ketones (excluding diaryl/α,β-unsaturated/α-hetero) is 1. The Labute approximate surface area is 300 Å². The average molecular weight is 696 g/mol. The molecule has 7 heteroatoms. The van der Waals surface area contributed by atoms with Gasteiger partial charge in [-0.05, 0) is 37.6 Å². The molecule has 1 aromatic heterocycles. The third kappa shape index (κ3) is 12.9. The van der Waals surface area contributed by atoms with E-state index in [4.69, 9.17) is 9.42 Å². The number of aryl methyl sites for hydroxylation is 1. The second-order valence-electron chi connectivity index (χ2n) is 15.5. The van der Waals surface area contributed by atoms with E-state index in [1.807, 2.05) is 19.1 Å². The molecular weight excluding hydrogens is 633 g/mol. The van der Waals surface area contributed by atoms with E-state index in [2.05, 4.69) is 53.5 Å². The zero-order chi connectivity index (χ0) is 35.2. The summed E-state index contributed by atoms with van der Waals surface area (Å²) >= 11 is 3.11. The normalized spacial score (nSPS) is 18.3. The number of nitrogens with zero attached hydrogens (tertiary/aromatic N) is 2. The molecule has 3 rings (SSSR count). The molecule has 0 saturated heterocycles. The number of rotatable bonds is 20.